The monoisotopic (exact) mass is 325 g/mol. The van der Waals surface area contributed by atoms with Gasteiger partial charge in [0.05, 0.1) is 19.3 Å². The molecule has 1 unspecified atom stereocenters. The van der Waals surface area contributed by atoms with E-state index in [-0.39, 0.29) is 23.4 Å². The number of amides is 2. The third-order valence-corrected chi connectivity index (χ3v) is 4.31. The maximum Gasteiger partial charge on any atom is 0.322 e. The van der Waals surface area contributed by atoms with Crippen LogP contribution in [0.3, 0.4) is 0 Å². The van der Waals surface area contributed by atoms with E-state index >= 15 is 0 Å². The number of hydrogen-bond acceptors (Lipinski definition) is 3. The summed E-state index contributed by atoms with van der Waals surface area (Å²) in [7, 11) is 3.13. The first-order valence-electron chi connectivity index (χ1n) is 7.79. The first-order chi connectivity index (χ1) is 11.0. The zero-order valence-electron chi connectivity index (χ0n) is 13.3. The van der Waals surface area contributed by atoms with Gasteiger partial charge in [0, 0.05) is 26.3 Å². The van der Waals surface area contributed by atoms with Crippen LogP contribution in [0, 0.1) is 17.6 Å². The molecule has 1 aliphatic carbocycles. The van der Waals surface area contributed by atoms with Crippen LogP contribution >= 0.6 is 0 Å². The summed E-state index contributed by atoms with van der Waals surface area (Å²) in [4.78, 5) is 15.5. The Bertz CT molecular complexity index is 582. The zero-order valence-corrected chi connectivity index (χ0v) is 13.3. The lowest BCUT2D eigenvalue weighted by Gasteiger charge is -2.35. The van der Waals surface area contributed by atoms with E-state index < -0.39 is 11.6 Å². The second-order valence-electron chi connectivity index (χ2n) is 6.29. The molecule has 0 bridgehead atoms. The Hall–Kier alpha value is -1.89. The van der Waals surface area contributed by atoms with Crippen LogP contribution in [-0.2, 0) is 4.74 Å². The van der Waals surface area contributed by atoms with E-state index in [4.69, 9.17) is 4.74 Å². The van der Waals surface area contributed by atoms with E-state index in [2.05, 4.69) is 5.32 Å². The third-order valence-electron chi connectivity index (χ3n) is 4.31. The summed E-state index contributed by atoms with van der Waals surface area (Å²) >= 11 is 0. The number of hydrogen-bond donors (Lipinski definition) is 1. The second kappa shape index (κ2) is 6.31. The van der Waals surface area contributed by atoms with Crippen LogP contribution in [0.4, 0.5) is 25.0 Å². The third kappa shape index (κ3) is 3.39. The van der Waals surface area contributed by atoms with Crippen molar-refractivity contribution in [3.05, 3.63) is 23.8 Å². The van der Waals surface area contributed by atoms with Gasteiger partial charge in [0.25, 0.3) is 0 Å². The van der Waals surface area contributed by atoms with Crippen molar-refractivity contribution in [2.75, 3.05) is 44.1 Å². The molecule has 0 spiro atoms. The molecule has 3 rings (SSSR count). The fourth-order valence-corrected chi connectivity index (χ4v) is 3.01. The maximum absolute atomic E-state index is 14.0. The summed E-state index contributed by atoms with van der Waals surface area (Å²) in [6.45, 7) is 1.51. The van der Waals surface area contributed by atoms with Crippen molar-refractivity contribution in [1.82, 2.24) is 4.90 Å². The van der Waals surface area contributed by atoms with Crippen molar-refractivity contribution in [3.63, 3.8) is 0 Å². The van der Waals surface area contributed by atoms with E-state index in [0.29, 0.717) is 25.7 Å². The highest BCUT2D eigenvalue weighted by Gasteiger charge is 2.39. The highest BCUT2D eigenvalue weighted by Crippen LogP contribution is 2.36. The van der Waals surface area contributed by atoms with Crippen LogP contribution in [0.15, 0.2) is 12.1 Å². The zero-order chi connectivity index (χ0) is 16.6. The molecule has 5 nitrogen and oxygen atoms in total. The molecule has 1 heterocycles. The second-order valence-corrected chi connectivity index (χ2v) is 6.29. The Labute approximate surface area is 134 Å². The summed E-state index contributed by atoms with van der Waals surface area (Å²) in [6, 6.07) is 2.01. The number of nitrogens with one attached hydrogen (secondary N) is 1. The Balaban J connectivity index is 1.74. The summed E-state index contributed by atoms with van der Waals surface area (Å²) in [5, 5.41) is 2.60. The normalized spacial score (nSPS) is 21.2. The van der Waals surface area contributed by atoms with E-state index in [9.17, 15) is 13.6 Å². The molecule has 0 radical (unpaired) electrons. The van der Waals surface area contributed by atoms with Crippen LogP contribution < -0.4 is 10.2 Å². The highest BCUT2D eigenvalue weighted by atomic mass is 19.1. The average molecular weight is 325 g/mol. The number of ether oxygens (including phenoxy) is 1. The molecule has 1 aromatic rings. The lowest BCUT2D eigenvalue weighted by Crippen LogP contribution is -2.51. The molecule has 7 heteroatoms. The van der Waals surface area contributed by atoms with E-state index in [0.717, 1.165) is 25.0 Å². The number of carbonyl (C=O) groups excluding carboxylic acids is 1. The van der Waals surface area contributed by atoms with Crippen LogP contribution in [0.25, 0.3) is 0 Å². The van der Waals surface area contributed by atoms with E-state index in [1.54, 1.807) is 19.0 Å². The van der Waals surface area contributed by atoms with Crippen LogP contribution in [0.2, 0.25) is 0 Å². The van der Waals surface area contributed by atoms with Crippen molar-refractivity contribution < 1.29 is 18.3 Å². The van der Waals surface area contributed by atoms with Gasteiger partial charge in [-0.25, -0.2) is 13.6 Å². The van der Waals surface area contributed by atoms with Gasteiger partial charge < -0.3 is 19.9 Å². The van der Waals surface area contributed by atoms with E-state index in [1.807, 2.05) is 0 Å². The summed E-state index contributed by atoms with van der Waals surface area (Å²) in [6.07, 6.45) is 2.19. The molecule has 1 atom stereocenters. The Kier molecular flexibility index (Phi) is 4.39. The number of urea groups is 1. The Morgan fingerprint density at radius 1 is 1.30 bits per heavy atom. The van der Waals surface area contributed by atoms with Gasteiger partial charge in [-0.2, -0.15) is 0 Å². The molecule has 23 heavy (non-hydrogen) atoms. The minimum absolute atomic E-state index is 0.0551. The molecule has 1 saturated heterocycles. The molecule has 2 fully saturated rings. The topological polar surface area (TPSA) is 44.8 Å². The largest absolute Gasteiger partial charge is 0.377 e. The van der Waals surface area contributed by atoms with Crippen LogP contribution in [0.5, 0.6) is 0 Å². The average Bonchev–Trinajstić information content (AvgIpc) is 3.30. The molecular weight excluding hydrogens is 304 g/mol. The van der Waals surface area contributed by atoms with E-state index in [1.165, 1.54) is 4.90 Å². The molecular formula is C16H21F2N3O2. The van der Waals surface area contributed by atoms with Gasteiger partial charge in [-0.15, -0.1) is 0 Å². The Morgan fingerprint density at radius 3 is 2.52 bits per heavy atom. The fraction of sp³-hybridized carbons (Fsp3) is 0.562. The smallest absolute Gasteiger partial charge is 0.322 e. The molecule has 1 aliphatic heterocycles. The summed E-state index contributed by atoms with van der Waals surface area (Å²) in [5.74, 6) is -0.928. The molecule has 2 aliphatic rings. The lowest BCUT2D eigenvalue weighted by molar-refractivity contribution is 0.00772. The first-order valence-corrected chi connectivity index (χ1v) is 7.79. The number of benzene rings is 1. The Morgan fingerprint density at radius 2 is 1.96 bits per heavy atom. The summed E-state index contributed by atoms with van der Waals surface area (Å²) in [5.41, 5.74) is 0.00173. The quantitative estimate of drug-likeness (QED) is 0.929. The predicted octanol–water partition coefficient (Wildman–Crippen LogP) is 2.67. The van der Waals surface area contributed by atoms with Crippen molar-refractivity contribution >= 4 is 17.4 Å². The molecule has 0 aromatic heterocycles. The van der Waals surface area contributed by atoms with Crippen LogP contribution in [0.1, 0.15) is 12.8 Å². The van der Waals surface area contributed by atoms with Gasteiger partial charge in [0.1, 0.15) is 5.69 Å². The number of halogens is 2. The lowest BCUT2D eigenvalue weighted by atomic mass is 10.1. The molecule has 126 valence electrons. The van der Waals surface area contributed by atoms with Crippen molar-refractivity contribution in [1.29, 1.82) is 0 Å². The standard InChI is InChI=1S/C16H21F2N3O2/c1-20(2)15-12(17)7-11(8-13(15)18)19-16(22)21-5-6-23-9-14(21)10-3-4-10/h7-8,10,14H,3-6,9H2,1-2H3,(H,19,22). The van der Waals surface area contributed by atoms with Crippen LogP contribution in [-0.4, -0.2) is 50.8 Å². The predicted molar refractivity (Wildman–Crippen MR) is 83.7 cm³/mol. The number of nitrogens with zero attached hydrogens (tertiary/aromatic N) is 2. The minimum atomic E-state index is -0.703. The number of anilines is 2. The van der Waals surface area contributed by atoms with Gasteiger partial charge in [-0.05, 0) is 30.9 Å². The number of rotatable bonds is 3. The maximum atomic E-state index is 14.0. The number of carbonyl (C=O) groups is 1. The van der Waals surface area contributed by atoms with Crippen molar-refractivity contribution in [2.24, 2.45) is 5.92 Å². The van der Waals surface area contributed by atoms with Gasteiger partial charge in [0.2, 0.25) is 0 Å². The van der Waals surface area contributed by atoms with Crippen molar-refractivity contribution in [3.8, 4) is 0 Å². The minimum Gasteiger partial charge on any atom is -0.377 e. The van der Waals surface area contributed by atoms with Gasteiger partial charge >= 0.3 is 6.03 Å². The van der Waals surface area contributed by atoms with Gasteiger partial charge in [-0.3, -0.25) is 0 Å². The van der Waals surface area contributed by atoms with Crippen molar-refractivity contribution in [2.45, 2.75) is 18.9 Å². The molecule has 1 N–H and O–H groups in total. The molecule has 1 aromatic carbocycles. The number of morpholine rings is 1. The molecule has 2 amide bonds. The fourth-order valence-electron chi connectivity index (χ4n) is 3.01. The highest BCUT2D eigenvalue weighted by molar-refractivity contribution is 5.90. The first kappa shape index (κ1) is 16.0. The van der Waals surface area contributed by atoms with Gasteiger partial charge in [-0.1, -0.05) is 0 Å². The van der Waals surface area contributed by atoms with Gasteiger partial charge in [0.15, 0.2) is 11.6 Å². The summed E-state index contributed by atoms with van der Waals surface area (Å²) < 4.78 is 33.5. The SMILES string of the molecule is CN(C)c1c(F)cc(NC(=O)N2CCOCC2C2CC2)cc1F. The molecule has 1 saturated carbocycles.